The van der Waals surface area contributed by atoms with E-state index in [0.717, 1.165) is 0 Å². The molecule has 0 aromatic carbocycles. The van der Waals surface area contributed by atoms with E-state index < -0.39 is 9.84 Å². The summed E-state index contributed by atoms with van der Waals surface area (Å²) in [5.41, 5.74) is 5.81. The summed E-state index contributed by atoms with van der Waals surface area (Å²) in [6, 6.07) is 2.84. The summed E-state index contributed by atoms with van der Waals surface area (Å²) in [5, 5.41) is 2.83. The zero-order valence-corrected chi connectivity index (χ0v) is 11.7. The maximum absolute atomic E-state index is 11.9. The van der Waals surface area contributed by atoms with Crippen LogP contribution in [0.1, 0.15) is 16.8 Å². The first-order valence-electron chi connectivity index (χ1n) is 5.77. The topological polar surface area (TPSA) is 102 Å². The zero-order valence-electron chi connectivity index (χ0n) is 10.1. The molecule has 1 amide bonds. The molecule has 0 bridgehead atoms. The van der Waals surface area contributed by atoms with Crippen LogP contribution >= 0.6 is 11.6 Å². The average molecular weight is 304 g/mol. The van der Waals surface area contributed by atoms with Gasteiger partial charge in [-0.25, -0.2) is 13.4 Å². The first-order chi connectivity index (χ1) is 8.85. The normalized spacial score (nSPS) is 21.2. The van der Waals surface area contributed by atoms with E-state index in [1.54, 1.807) is 0 Å². The van der Waals surface area contributed by atoms with E-state index in [2.05, 4.69) is 10.3 Å². The number of hydrogen-bond acceptors (Lipinski definition) is 5. The molecule has 0 saturated carbocycles. The van der Waals surface area contributed by atoms with E-state index in [4.69, 9.17) is 17.3 Å². The van der Waals surface area contributed by atoms with Gasteiger partial charge in [-0.05, 0) is 24.5 Å². The van der Waals surface area contributed by atoms with E-state index >= 15 is 0 Å². The number of sulfone groups is 1. The fourth-order valence-electron chi connectivity index (χ4n) is 2.02. The number of nitrogen functional groups attached to an aromatic ring is 1. The Hall–Kier alpha value is -1.34. The second kappa shape index (κ2) is 5.34. The van der Waals surface area contributed by atoms with Crippen molar-refractivity contribution in [1.29, 1.82) is 0 Å². The number of carbonyl (C=O) groups is 1. The Morgan fingerprint density at radius 2 is 2.26 bits per heavy atom. The third kappa shape index (κ3) is 3.81. The summed E-state index contributed by atoms with van der Waals surface area (Å²) in [5.74, 6) is 0.138. The van der Waals surface area contributed by atoms with E-state index in [0.29, 0.717) is 18.5 Å². The van der Waals surface area contributed by atoms with Crippen molar-refractivity contribution in [3.63, 3.8) is 0 Å². The molecule has 2 heterocycles. The van der Waals surface area contributed by atoms with Gasteiger partial charge in [0, 0.05) is 12.1 Å². The van der Waals surface area contributed by atoms with Crippen LogP contribution in [-0.4, -0.2) is 37.4 Å². The van der Waals surface area contributed by atoms with Gasteiger partial charge in [0.15, 0.2) is 9.84 Å². The average Bonchev–Trinajstić information content (AvgIpc) is 2.64. The molecule has 1 atom stereocenters. The summed E-state index contributed by atoms with van der Waals surface area (Å²) in [6.45, 7) is 0.331. The Balaban J connectivity index is 1.95. The highest BCUT2D eigenvalue weighted by Gasteiger charge is 2.28. The van der Waals surface area contributed by atoms with Gasteiger partial charge >= 0.3 is 0 Å². The number of nitrogens with zero attached hydrogens (tertiary/aromatic N) is 1. The van der Waals surface area contributed by atoms with Crippen LogP contribution in [0, 0.1) is 5.92 Å². The first kappa shape index (κ1) is 14.1. The Labute approximate surface area is 116 Å². The molecule has 3 N–H and O–H groups in total. The summed E-state index contributed by atoms with van der Waals surface area (Å²) < 4.78 is 22.6. The largest absolute Gasteiger partial charge is 0.384 e. The number of nitrogens with two attached hydrogens (primary N) is 1. The molecule has 1 unspecified atom stereocenters. The number of aromatic nitrogens is 1. The van der Waals surface area contributed by atoms with Crippen LogP contribution < -0.4 is 11.1 Å². The van der Waals surface area contributed by atoms with Gasteiger partial charge in [-0.2, -0.15) is 0 Å². The van der Waals surface area contributed by atoms with E-state index in [9.17, 15) is 13.2 Å². The predicted molar refractivity (Wildman–Crippen MR) is 72.8 cm³/mol. The monoisotopic (exact) mass is 303 g/mol. The van der Waals surface area contributed by atoms with E-state index in [1.807, 2.05) is 0 Å². The molecule has 1 saturated heterocycles. The third-order valence-electron chi connectivity index (χ3n) is 2.95. The minimum absolute atomic E-state index is 0.0244. The molecule has 1 aliphatic heterocycles. The fraction of sp³-hybridized carbons (Fsp3) is 0.455. The standard InChI is InChI=1S/C11H14ClN3O3S/c12-9-3-8(4-10(13)15-9)11(16)14-5-7-1-2-19(17,18)6-7/h3-4,7H,1-2,5-6H2,(H2,13,15)(H,14,16). The lowest BCUT2D eigenvalue weighted by Gasteiger charge is -2.10. The number of halogens is 1. The van der Waals surface area contributed by atoms with Crippen LogP contribution in [0.3, 0.4) is 0 Å². The molecule has 19 heavy (non-hydrogen) atoms. The summed E-state index contributed by atoms with van der Waals surface area (Å²) >= 11 is 5.71. The number of anilines is 1. The van der Waals surface area contributed by atoms with Gasteiger partial charge in [-0.1, -0.05) is 11.6 Å². The maximum Gasteiger partial charge on any atom is 0.251 e. The van der Waals surface area contributed by atoms with Crippen LogP contribution in [0.4, 0.5) is 5.82 Å². The molecule has 0 spiro atoms. The van der Waals surface area contributed by atoms with Crippen molar-refractivity contribution in [1.82, 2.24) is 10.3 Å². The quantitative estimate of drug-likeness (QED) is 0.791. The minimum Gasteiger partial charge on any atom is -0.384 e. The Morgan fingerprint density at radius 1 is 1.53 bits per heavy atom. The lowest BCUT2D eigenvalue weighted by Crippen LogP contribution is -2.29. The molecule has 2 rings (SSSR count). The molecule has 1 fully saturated rings. The molecule has 104 valence electrons. The van der Waals surface area contributed by atoms with Gasteiger partial charge in [-0.15, -0.1) is 0 Å². The fourth-order valence-corrected chi connectivity index (χ4v) is 4.10. The zero-order chi connectivity index (χ0) is 14.0. The second-order valence-corrected chi connectivity index (χ2v) is 7.20. The Morgan fingerprint density at radius 3 is 2.84 bits per heavy atom. The Bertz CT molecular complexity index is 583. The van der Waals surface area contributed by atoms with Crippen LogP contribution in [0.15, 0.2) is 12.1 Å². The van der Waals surface area contributed by atoms with Crippen LogP contribution in [0.5, 0.6) is 0 Å². The molecular formula is C11H14ClN3O3S. The molecule has 6 nitrogen and oxygen atoms in total. The van der Waals surface area contributed by atoms with Crippen LogP contribution in [0.2, 0.25) is 5.15 Å². The number of pyridine rings is 1. The summed E-state index contributed by atoms with van der Waals surface area (Å²) in [7, 11) is -2.92. The van der Waals surface area contributed by atoms with E-state index in [-0.39, 0.29) is 34.3 Å². The number of rotatable bonds is 3. The SMILES string of the molecule is Nc1cc(C(=O)NCC2CCS(=O)(=O)C2)cc(Cl)n1. The number of nitrogens with one attached hydrogen (secondary N) is 1. The number of amides is 1. The molecule has 0 aliphatic carbocycles. The molecule has 1 aromatic rings. The second-order valence-electron chi connectivity index (χ2n) is 4.58. The van der Waals surface area contributed by atoms with Gasteiger partial charge < -0.3 is 11.1 Å². The summed E-state index contributed by atoms with van der Waals surface area (Å²) in [6.07, 6.45) is 0.585. The van der Waals surface area contributed by atoms with Gasteiger partial charge in [0.05, 0.1) is 11.5 Å². The van der Waals surface area contributed by atoms with E-state index in [1.165, 1.54) is 12.1 Å². The highest BCUT2D eigenvalue weighted by Crippen LogP contribution is 2.18. The maximum atomic E-state index is 11.9. The lowest BCUT2D eigenvalue weighted by molar-refractivity contribution is 0.0948. The van der Waals surface area contributed by atoms with Crippen LogP contribution in [-0.2, 0) is 9.84 Å². The highest BCUT2D eigenvalue weighted by atomic mass is 35.5. The van der Waals surface area contributed by atoms with Crippen molar-refractivity contribution in [2.24, 2.45) is 5.92 Å². The van der Waals surface area contributed by atoms with Gasteiger partial charge in [0.25, 0.3) is 5.91 Å². The van der Waals surface area contributed by atoms with Crippen LogP contribution in [0.25, 0.3) is 0 Å². The Kier molecular flexibility index (Phi) is 3.96. The van der Waals surface area contributed by atoms with Crippen molar-refractivity contribution in [3.05, 3.63) is 22.8 Å². The lowest BCUT2D eigenvalue weighted by atomic mass is 10.1. The minimum atomic E-state index is -2.92. The van der Waals surface area contributed by atoms with Crippen molar-refractivity contribution in [2.75, 3.05) is 23.8 Å². The summed E-state index contributed by atoms with van der Waals surface area (Å²) in [4.78, 5) is 15.6. The first-order valence-corrected chi connectivity index (χ1v) is 7.97. The predicted octanol–water partition coefficient (Wildman–Crippen LogP) is 0.482. The van der Waals surface area contributed by atoms with Crippen molar-refractivity contribution in [2.45, 2.75) is 6.42 Å². The molecule has 8 heteroatoms. The smallest absolute Gasteiger partial charge is 0.251 e. The van der Waals surface area contributed by atoms with Gasteiger partial charge in [0.1, 0.15) is 11.0 Å². The highest BCUT2D eigenvalue weighted by molar-refractivity contribution is 7.91. The van der Waals surface area contributed by atoms with Gasteiger partial charge in [0.2, 0.25) is 0 Å². The molecule has 0 radical (unpaired) electrons. The molecule has 1 aromatic heterocycles. The number of carbonyl (C=O) groups excluding carboxylic acids is 1. The molecular weight excluding hydrogens is 290 g/mol. The third-order valence-corrected chi connectivity index (χ3v) is 4.98. The van der Waals surface area contributed by atoms with Crippen molar-refractivity contribution in [3.8, 4) is 0 Å². The van der Waals surface area contributed by atoms with Crippen molar-refractivity contribution < 1.29 is 13.2 Å². The van der Waals surface area contributed by atoms with Crippen molar-refractivity contribution >= 4 is 33.2 Å². The van der Waals surface area contributed by atoms with Gasteiger partial charge in [-0.3, -0.25) is 4.79 Å². The number of hydrogen-bond donors (Lipinski definition) is 2. The molecule has 1 aliphatic rings.